The normalized spacial score (nSPS) is 21.1. The van der Waals surface area contributed by atoms with E-state index in [0.717, 1.165) is 36.8 Å². The Labute approximate surface area is 211 Å². The van der Waals surface area contributed by atoms with Crippen LogP contribution >= 0.6 is 11.6 Å². The van der Waals surface area contributed by atoms with E-state index in [1.54, 1.807) is 30.3 Å². The molecule has 2 aromatic carbocycles. The zero-order valence-corrected chi connectivity index (χ0v) is 20.8. The molecule has 1 heterocycles. The summed E-state index contributed by atoms with van der Waals surface area (Å²) in [6.07, 6.45) is 5.29. The fraction of sp³-hybridized carbons (Fsp3) is 0.407. The molecule has 2 unspecified atom stereocenters. The molecule has 2 aliphatic rings. The van der Waals surface area contributed by atoms with Crippen molar-refractivity contribution in [2.75, 3.05) is 20.8 Å². The molecule has 1 aliphatic carbocycles. The first kappa shape index (κ1) is 25.2. The zero-order valence-electron chi connectivity index (χ0n) is 20.0. The highest BCUT2D eigenvalue weighted by Crippen LogP contribution is 2.34. The molecule has 1 saturated carbocycles. The number of rotatable bonds is 8. The van der Waals surface area contributed by atoms with E-state index in [0.29, 0.717) is 22.9 Å². The summed E-state index contributed by atoms with van der Waals surface area (Å²) in [5.41, 5.74) is 2.33. The molecule has 2 amide bonds. The lowest BCUT2D eigenvalue weighted by molar-refractivity contribution is -0.149. The van der Waals surface area contributed by atoms with E-state index in [1.165, 1.54) is 14.2 Å². The molecule has 2 fully saturated rings. The van der Waals surface area contributed by atoms with E-state index in [4.69, 9.17) is 25.8 Å². The Morgan fingerprint density at radius 1 is 1.11 bits per heavy atom. The molecule has 1 aliphatic heterocycles. The first-order chi connectivity index (χ1) is 17.0. The molecule has 0 radical (unpaired) electrons. The van der Waals surface area contributed by atoms with Gasteiger partial charge >= 0.3 is 0 Å². The van der Waals surface area contributed by atoms with Crippen LogP contribution in [0.25, 0.3) is 6.08 Å². The molecule has 4 rings (SSSR count). The largest absolute Gasteiger partial charge is 0.482 e. The van der Waals surface area contributed by atoms with E-state index in [9.17, 15) is 9.59 Å². The van der Waals surface area contributed by atoms with Gasteiger partial charge < -0.3 is 24.4 Å². The average Bonchev–Trinajstić information content (AvgIpc) is 2.88. The van der Waals surface area contributed by atoms with E-state index in [2.05, 4.69) is 5.32 Å². The number of hydrogen-bond acceptors (Lipinski definition) is 5. The molecule has 8 heteroatoms. The van der Waals surface area contributed by atoms with Crippen molar-refractivity contribution >= 4 is 29.5 Å². The number of nitrogens with zero attached hydrogens (tertiary/aromatic N) is 1. The Morgan fingerprint density at radius 3 is 2.49 bits per heavy atom. The van der Waals surface area contributed by atoms with Gasteiger partial charge in [0.05, 0.1) is 12.6 Å². The van der Waals surface area contributed by atoms with Crippen LogP contribution in [0.15, 0.2) is 54.3 Å². The molecule has 1 saturated heterocycles. The van der Waals surface area contributed by atoms with Gasteiger partial charge in [0.1, 0.15) is 6.10 Å². The summed E-state index contributed by atoms with van der Waals surface area (Å²) in [5, 5.41) is 3.45. The second-order valence-corrected chi connectivity index (χ2v) is 9.25. The van der Waals surface area contributed by atoms with Crippen molar-refractivity contribution in [1.29, 1.82) is 0 Å². The van der Waals surface area contributed by atoms with Gasteiger partial charge in [-0.15, -0.1) is 0 Å². The summed E-state index contributed by atoms with van der Waals surface area (Å²) in [6, 6.07) is 14.7. The van der Waals surface area contributed by atoms with Gasteiger partial charge in [0.25, 0.3) is 11.8 Å². The van der Waals surface area contributed by atoms with Gasteiger partial charge in [0.2, 0.25) is 0 Å². The molecule has 7 nitrogen and oxygen atoms in total. The number of methoxy groups -OCH3 is 2. The predicted octanol–water partition coefficient (Wildman–Crippen LogP) is 4.40. The van der Waals surface area contributed by atoms with E-state index in [1.807, 2.05) is 29.2 Å². The molecular weight excluding hydrogens is 468 g/mol. The van der Waals surface area contributed by atoms with Crippen LogP contribution in [-0.2, 0) is 25.5 Å². The van der Waals surface area contributed by atoms with Crippen LogP contribution in [0, 0.1) is 0 Å². The molecule has 2 atom stereocenters. The SMILES string of the molecule is COC(CNC(=O)c1ccc(/C=C2\OC3CCCCC3N(Cc3ccc(Cl)cc3)C2=O)cc1)OC. The lowest BCUT2D eigenvalue weighted by Crippen LogP contribution is -2.54. The number of benzene rings is 2. The van der Waals surface area contributed by atoms with Crippen LogP contribution in [-0.4, -0.2) is 55.9 Å². The Morgan fingerprint density at radius 2 is 1.80 bits per heavy atom. The standard InChI is InChI=1S/C27H31ClN2O5/c1-33-25(34-2)16-29-26(31)20-11-7-18(8-12-20)15-24-27(32)30(17-19-9-13-21(28)14-10-19)22-5-3-4-6-23(22)35-24/h7-15,22-23,25H,3-6,16-17H2,1-2H3,(H,29,31)/b24-15-. The Balaban J connectivity index is 1.49. The van der Waals surface area contributed by atoms with Crippen LogP contribution in [0.5, 0.6) is 0 Å². The molecule has 1 N–H and O–H groups in total. The van der Waals surface area contributed by atoms with Crippen LogP contribution in [0.1, 0.15) is 47.2 Å². The van der Waals surface area contributed by atoms with Crippen molar-refractivity contribution in [2.45, 2.75) is 50.7 Å². The number of amides is 2. The quantitative estimate of drug-likeness (QED) is 0.431. The molecule has 0 bridgehead atoms. The summed E-state index contributed by atoms with van der Waals surface area (Å²) in [6.45, 7) is 0.757. The number of morpholine rings is 1. The minimum atomic E-state index is -0.503. The van der Waals surface area contributed by atoms with Crippen LogP contribution in [0.3, 0.4) is 0 Å². The summed E-state index contributed by atoms with van der Waals surface area (Å²) in [5.74, 6) is -0.00933. The van der Waals surface area contributed by atoms with Gasteiger partial charge in [0, 0.05) is 31.4 Å². The second-order valence-electron chi connectivity index (χ2n) is 8.81. The van der Waals surface area contributed by atoms with E-state index in [-0.39, 0.29) is 30.5 Å². The number of nitrogens with one attached hydrogen (secondary N) is 1. The fourth-order valence-corrected chi connectivity index (χ4v) is 4.70. The molecule has 35 heavy (non-hydrogen) atoms. The van der Waals surface area contributed by atoms with Crippen molar-refractivity contribution in [2.24, 2.45) is 0 Å². The van der Waals surface area contributed by atoms with Gasteiger partial charge in [-0.1, -0.05) is 42.3 Å². The lowest BCUT2D eigenvalue weighted by atomic mass is 9.89. The van der Waals surface area contributed by atoms with Crippen molar-refractivity contribution in [3.05, 3.63) is 76.0 Å². The maximum atomic E-state index is 13.5. The zero-order chi connectivity index (χ0) is 24.8. The second kappa shape index (κ2) is 11.7. The molecule has 0 aromatic heterocycles. The summed E-state index contributed by atoms with van der Waals surface area (Å²) in [7, 11) is 3.03. The highest BCUT2D eigenvalue weighted by atomic mass is 35.5. The third kappa shape index (κ3) is 6.23. The highest BCUT2D eigenvalue weighted by Gasteiger charge is 2.41. The first-order valence-corrected chi connectivity index (χ1v) is 12.2. The monoisotopic (exact) mass is 498 g/mol. The summed E-state index contributed by atoms with van der Waals surface area (Å²) < 4.78 is 16.4. The number of carbonyl (C=O) groups excluding carboxylic acids is 2. The summed E-state index contributed by atoms with van der Waals surface area (Å²) >= 11 is 6.04. The third-order valence-corrected chi connectivity index (χ3v) is 6.76. The fourth-order valence-electron chi connectivity index (χ4n) is 4.57. The molecule has 186 valence electrons. The van der Waals surface area contributed by atoms with E-state index >= 15 is 0 Å². The number of halogens is 1. The van der Waals surface area contributed by atoms with Crippen molar-refractivity contribution in [1.82, 2.24) is 10.2 Å². The van der Waals surface area contributed by atoms with Crippen molar-refractivity contribution < 1.29 is 23.8 Å². The highest BCUT2D eigenvalue weighted by molar-refractivity contribution is 6.30. The maximum absolute atomic E-state index is 13.5. The Hall–Kier alpha value is -2.87. The van der Waals surface area contributed by atoms with Crippen LogP contribution in [0.4, 0.5) is 0 Å². The predicted molar refractivity (Wildman–Crippen MR) is 134 cm³/mol. The van der Waals surface area contributed by atoms with Gasteiger partial charge in [0.15, 0.2) is 12.0 Å². The van der Waals surface area contributed by atoms with Gasteiger partial charge in [-0.3, -0.25) is 9.59 Å². The lowest BCUT2D eigenvalue weighted by Gasteiger charge is -2.44. The summed E-state index contributed by atoms with van der Waals surface area (Å²) in [4.78, 5) is 27.8. The van der Waals surface area contributed by atoms with Gasteiger partial charge in [-0.2, -0.15) is 0 Å². The first-order valence-electron chi connectivity index (χ1n) is 11.9. The van der Waals surface area contributed by atoms with Gasteiger partial charge in [-0.05, 0) is 60.7 Å². The smallest absolute Gasteiger partial charge is 0.289 e. The number of fused-ring (bicyclic) bond motifs is 1. The average molecular weight is 499 g/mol. The Kier molecular flexibility index (Phi) is 8.44. The van der Waals surface area contributed by atoms with Crippen LogP contribution < -0.4 is 5.32 Å². The van der Waals surface area contributed by atoms with Crippen molar-refractivity contribution in [3.8, 4) is 0 Å². The van der Waals surface area contributed by atoms with Crippen molar-refractivity contribution in [3.63, 3.8) is 0 Å². The van der Waals surface area contributed by atoms with E-state index < -0.39 is 6.29 Å². The van der Waals surface area contributed by atoms with Gasteiger partial charge in [-0.25, -0.2) is 0 Å². The maximum Gasteiger partial charge on any atom is 0.289 e. The number of carbonyl (C=O) groups is 2. The minimum absolute atomic E-state index is 0.0143. The minimum Gasteiger partial charge on any atom is -0.482 e. The number of ether oxygens (including phenoxy) is 3. The number of hydrogen-bond donors (Lipinski definition) is 1. The molecule has 0 spiro atoms. The van der Waals surface area contributed by atoms with Crippen LogP contribution in [0.2, 0.25) is 5.02 Å². The third-order valence-electron chi connectivity index (χ3n) is 6.51. The topological polar surface area (TPSA) is 77.1 Å². The molecule has 2 aromatic rings. The molecular formula is C27H31ClN2O5. The Bertz CT molecular complexity index is 1050.